The topological polar surface area (TPSA) is 62.7 Å². The molecule has 0 radical (unpaired) electrons. The maximum Gasteiger partial charge on any atom is 0.248 e. The smallest absolute Gasteiger partial charge is 0.248 e. The van der Waals surface area contributed by atoms with Crippen LogP contribution in [0.25, 0.3) is 11.1 Å². The van der Waals surface area contributed by atoms with Crippen LogP contribution in [0.15, 0.2) is 48.8 Å². The molecular formula is C23H29N3O3. The zero-order chi connectivity index (χ0) is 20.9. The molecule has 0 N–H and O–H groups in total. The molecule has 2 amide bonds. The molecule has 1 aromatic carbocycles. The minimum atomic E-state index is -0.483. The van der Waals surface area contributed by atoms with Crippen molar-refractivity contribution in [2.45, 2.75) is 19.3 Å². The van der Waals surface area contributed by atoms with Gasteiger partial charge in [0.05, 0.1) is 5.41 Å². The molecule has 0 bridgehead atoms. The number of piperidine rings is 1. The molecule has 0 aliphatic carbocycles. The van der Waals surface area contributed by atoms with Crippen molar-refractivity contribution < 1.29 is 14.3 Å². The lowest BCUT2D eigenvalue weighted by Crippen LogP contribution is -2.51. The lowest BCUT2D eigenvalue weighted by Gasteiger charge is -2.42. The van der Waals surface area contributed by atoms with Crippen molar-refractivity contribution in [1.82, 2.24) is 14.8 Å². The Morgan fingerprint density at radius 2 is 1.79 bits per heavy atom. The highest BCUT2D eigenvalue weighted by Gasteiger charge is 2.43. The van der Waals surface area contributed by atoms with Gasteiger partial charge >= 0.3 is 0 Å². The van der Waals surface area contributed by atoms with Gasteiger partial charge in [-0.2, -0.15) is 0 Å². The number of likely N-dealkylation sites (tertiary alicyclic amines) is 1. The Labute approximate surface area is 172 Å². The van der Waals surface area contributed by atoms with Crippen LogP contribution in [0.3, 0.4) is 0 Å². The lowest BCUT2D eigenvalue weighted by molar-refractivity contribution is -0.147. The molecule has 0 spiro atoms. The van der Waals surface area contributed by atoms with Crippen LogP contribution in [-0.2, 0) is 20.7 Å². The average Bonchev–Trinajstić information content (AvgIpc) is 2.75. The first-order valence-electron chi connectivity index (χ1n) is 9.93. The number of methoxy groups -OCH3 is 1. The van der Waals surface area contributed by atoms with Crippen LogP contribution >= 0.6 is 0 Å². The maximum absolute atomic E-state index is 13.1. The van der Waals surface area contributed by atoms with Gasteiger partial charge in [-0.25, -0.2) is 0 Å². The van der Waals surface area contributed by atoms with E-state index in [2.05, 4.69) is 29.2 Å². The summed E-state index contributed by atoms with van der Waals surface area (Å²) in [6.07, 6.45) is 5.59. The fourth-order valence-corrected chi connectivity index (χ4v) is 4.08. The first-order chi connectivity index (χ1) is 13.9. The second kappa shape index (κ2) is 9.18. The fraction of sp³-hybridized carbons (Fsp3) is 0.435. The quantitative estimate of drug-likeness (QED) is 0.754. The summed E-state index contributed by atoms with van der Waals surface area (Å²) in [4.78, 5) is 32.9. The molecule has 0 atom stereocenters. The van der Waals surface area contributed by atoms with Gasteiger partial charge in [-0.05, 0) is 42.0 Å². The van der Waals surface area contributed by atoms with E-state index in [1.807, 2.05) is 18.3 Å². The van der Waals surface area contributed by atoms with Crippen LogP contribution in [0.4, 0.5) is 0 Å². The summed E-state index contributed by atoms with van der Waals surface area (Å²) in [5.74, 6) is 0.118. The second-order valence-electron chi connectivity index (χ2n) is 7.91. The molecule has 1 fully saturated rings. The highest BCUT2D eigenvalue weighted by Crippen LogP contribution is 2.37. The van der Waals surface area contributed by atoms with Crippen molar-refractivity contribution in [2.75, 3.05) is 40.9 Å². The fourth-order valence-electron chi connectivity index (χ4n) is 4.08. The number of carbonyl (C=O) groups is 2. The Morgan fingerprint density at radius 3 is 2.34 bits per heavy atom. The van der Waals surface area contributed by atoms with E-state index >= 15 is 0 Å². The van der Waals surface area contributed by atoms with E-state index in [0.29, 0.717) is 32.4 Å². The molecule has 6 nitrogen and oxygen atoms in total. The first kappa shape index (κ1) is 21.0. The van der Waals surface area contributed by atoms with Gasteiger partial charge in [0, 0.05) is 46.7 Å². The van der Waals surface area contributed by atoms with E-state index in [1.165, 1.54) is 7.11 Å². The number of carbonyl (C=O) groups excluding carboxylic acids is 2. The lowest BCUT2D eigenvalue weighted by atomic mass is 9.72. The van der Waals surface area contributed by atoms with Gasteiger partial charge in [0.2, 0.25) is 11.8 Å². The van der Waals surface area contributed by atoms with Gasteiger partial charge in [-0.15, -0.1) is 0 Å². The number of benzene rings is 1. The van der Waals surface area contributed by atoms with Crippen molar-refractivity contribution >= 4 is 11.8 Å². The Balaban J connectivity index is 1.77. The van der Waals surface area contributed by atoms with Gasteiger partial charge in [-0.1, -0.05) is 30.3 Å². The van der Waals surface area contributed by atoms with Crippen LogP contribution in [0, 0.1) is 5.41 Å². The zero-order valence-electron chi connectivity index (χ0n) is 17.4. The van der Waals surface area contributed by atoms with Gasteiger partial charge < -0.3 is 14.5 Å². The maximum atomic E-state index is 13.1. The highest BCUT2D eigenvalue weighted by molar-refractivity contribution is 5.84. The number of hydrogen-bond donors (Lipinski definition) is 0. The third kappa shape index (κ3) is 4.82. The average molecular weight is 396 g/mol. The van der Waals surface area contributed by atoms with Gasteiger partial charge in [0.25, 0.3) is 0 Å². The predicted octanol–water partition coefficient (Wildman–Crippen LogP) is 2.63. The third-order valence-corrected chi connectivity index (χ3v) is 5.69. The standard InChI is InChI=1S/C23H29N3O3/c1-25(2)22(28)23(10-13-26(14-11-23)21(27)17-29-3)15-18-6-8-19(9-7-18)20-5-4-12-24-16-20/h4-9,12,16H,10-11,13-15,17H2,1-3H3. The van der Waals surface area contributed by atoms with E-state index in [1.54, 1.807) is 30.1 Å². The highest BCUT2D eigenvalue weighted by atomic mass is 16.5. The number of ether oxygens (including phenoxy) is 1. The minimum Gasteiger partial charge on any atom is -0.375 e. The molecule has 1 saturated heterocycles. The van der Waals surface area contributed by atoms with Crippen LogP contribution in [0.1, 0.15) is 18.4 Å². The van der Waals surface area contributed by atoms with Crippen LogP contribution in [0.2, 0.25) is 0 Å². The first-order valence-corrected chi connectivity index (χ1v) is 9.93. The number of pyridine rings is 1. The van der Waals surface area contributed by atoms with Gasteiger partial charge in [0.15, 0.2) is 0 Å². The molecule has 0 unspecified atom stereocenters. The number of nitrogens with zero attached hydrogens (tertiary/aromatic N) is 3. The van der Waals surface area contributed by atoms with Crippen molar-refractivity contribution in [1.29, 1.82) is 0 Å². The zero-order valence-corrected chi connectivity index (χ0v) is 17.4. The van der Waals surface area contributed by atoms with Gasteiger partial charge in [0.1, 0.15) is 6.61 Å². The van der Waals surface area contributed by atoms with E-state index in [9.17, 15) is 9.59 Å². The predicted molar refractivity (Wildman–Crippen MR) is 112 cm³/mol. The summed E-state index contributed by atoms with van der Waals surface area (Å²) in [5.41, 5.74) is 2.82. The van der Waals surface area contributed by atoms with Crippen LogP contribution in [0.5, 0.6) is 0 Å². The van der Waals surface area contributed by atoms with E-state index in [4.69, 9.17) is 4.74 Å². The molecular weight excluding hydrogens is 366 g/mol. The molecule has 0 saturated carbocycles. The van der Waals surface area contributed by atoms with Crippen molar-refractivity contribution in [3.8, 4) is 11.1 Å². The summed E-state index contributed by atoms with van der Waals surface area (Å²) in [7, 11) is 5.13. The number of amides is 2. The summed E-state index contributed by atoms with van der Waals surface area (Å²) in [6, 6.07) is 12.3. The second-order valence-corrected chi connectivity index (χ2v) is 7.91. The normalized spacial score (nSPS) is 15.8. The molecule has 29 heavy (non-hydrogen) atoms. The molecule has 1 aliphatic heterocycles. The Bertz CT molecular complexity index is 826. The molecule has 2 aromatic rings. The number of rotatable bonds is 6. The van der Waals surface area contributed by atoms with E-state index in [0.717, 1.165) is 16.7 Å². The molecule has 154 valence electrons. The van der Waals surface area contributed by atoms with E-state index in [-0.39, 0.29) is 18.4 Å². The summed E-state index contributed by atoms with van der Waals surface area (Å²) >= 11 is 0. The van der Waals surface area contributed by atoms with Gasteiger partial charge in [-0.3, -0.25) is 14.6 Å². The SMILES string of the molecule is COCC(=O)N1CCC(Cc2ccc(-c3cccnc3)cc2)(C(=O)N(C)C)CC1. The van der Waals surface area contributed by atoms with Crippen LogP contribution < -0.4 is 0 Å². The Morgan fingerprint density at radius 1 is 1.10 bits per heavy atom. The summed E-state index contributed by atoms with van der Waals surface area (Å²) in [5, 5.41) is 0. The number of aromatic nitrogens is 1. The Hall–Kier alpha value is -2.73. The number of hydrogen-bond acceptors (Lipinski definition) is 4. The van der Waals surface area contributed by atoms with Crippen molar-refractivity contribution in [3.05, 3.63) is 54.4 Å². The van der Waals surface area contributed by atoms with Crippen molar-refractivity contribution in [2.24, 2.45) is 5.41 Å². The van der Waals surface area contributed by atoms with Crippen molar-refractivity contribution in [3.63, 3.8) is 0 Å². The molecule has 6 heteroatoms. The molecule has 1 aliphatic rings. The summed E-state index contributed by atoms with van der Waals surface area (Å²) < 4.78 is 4.97. The Kier molecular flexibility index (Phi) is 6.64. The molecule has 1 aromatic heterocycles. The largest absolute Gasteiger partial charge is 0.375 e. The summed E-state index contributed by atoms with van der Waals surface area (Å²) in [6.45, 7) is 1.25. The molecule has 2 heterocycles. The van der Waals surface area contributed by atoms with Crippen LogP contribution in [-0.4, -0.2) is 67.5 Å². The third-order valence-electron chi connectivity index (χ3n) is 5.69. The molecule has 3 rings (SSSR count). The van der Waals surface area contributed by atoms with E-state index < -0.39 is 5.41 Å². The monoisotopic (exact) mass is 395 g/mol. The minimum absolute atomic E-state index is 0.0146.